The molecule has 1 aromatic rings. The van der Waals surface area contributed by atoms with Crippen LogP contribution in [0.25, 0.3) is 0 Å². The minimum absolute atomic E-state index is 0.00721. The summed E-state index contributed by atoms with van der Waals surface area (Å²) in [7, 11) is 0. The molecule has 7 heteroatoms. The number of likely N-dealkylation sites (tertiary alicyclic amines) is 1. The first-order chi connectivity index (χ1) is 11.5. The van der Waals surface area contributed by atoms with Crippen LogP contribution in [0.2, 0.25) is 0 Å². The summed E-state index contributed by atoms with van der Waals surface area (Å²) < 4.78 is 0. The van der Waals surface area contributed by atoms with Crippen molar-refractivity contribution in [3.8, 4) is 0 Å². The number of aryl methyl sites for hydroxylation is 1. The van der Waals surface area contributed by atoms with E-state index in [1.807, 2.05) is 13.0 Å². The van der Waals surface area contributed by atoms with Crippen molar-refractivity contribution in [1.29, 1.82) is 0 Å². The zero-order chi connectivity index (χ0) is 17.5. The molecular weight excluding hydrogens is 308 g/mol. The van der Waals surface area contributed by atoms with E-state index in [4.69, 9.17) is 0 Å². The van der Waals surface area contributed by atoms with E-state index in [9.17, 15) is 14.4 Å². The van der Waals surface area contributed by atoms with Gasteiger partial charge in [-0.15, -0.1) is 0 Å². The lowest BCUT2D eigenvalue weighted by Crippen LogP contribution is -2.33. The highest BCUT2D eigenvalue weighted by Gasteiger charge is 2.18. The molecule has 3 amide bonds. The van der Waals surface area contributed by atoms with Gasteiger partial charge < -0.3 is 10.2 Å². The van der Waals surface area contributed by atoms with Crippen LogP contribution >= 0.6 is 0 Å². The molecule has 0 saturated carbocycles. The molecule has 1 saturated heterocycles. The zero-order valence-corrected chi connectivity index (χ0v) is 14.0. The average molecular weight is 330 g/mol. The Morgan fingerprint density at radius 2 is 1.88 bits per heavy atom. The Labute approximate surface area is 141 Å². The summed E-state index contributed by atoms with van der Waals surface area (Å²) in [5.41, 5.74) is 4.16. The van der Waals surface area contributed by atoms with Gasteiger partial charge in [0.1, 0.15) is 0 Å². The number of hydrogen-bond donors (Lipinski definition) is 2. The van der Waals surface area contributed by atoms with Crippen molar-refractivity contribution in [2.24, 2.45) is 5.10 Å². The molecule has 1 fully saturated rings. The predicted octanol–water partition coefficient (Wildman–Crippen LogP) is 1.44. The molecule has 1 aliphatic rings. The van der Waals surface area contributed by atoms with Crippen LogP contribution in [0, 0.1) is 6.92 Å². The predicted molar refractivity (Wildman–Crippen MR) is 91.5 cm³/mol. The minimum atomic E-state index is -0.871. The van der Waals surface area contributed by atoms with Gasteiger partial charge in [0.05, 0.1) is 6.42 Å². The summed E-state index contributed by atoms with van der Waals surface area (Å²) in [6, 6.07) is 7.13. The van der Waals surface area contributed by atoms with Gasteiger partial charge in [-0.3, -0.25) is 14.4 Å². The summed E-state index contributed by atoms with van der Waals surface area (Å²) in [4.78, 5) is 37.3. The highest BCUT2D eigenvalue weighted by Crippen LogP contribution is 2.10. The van der Waals surface area contributed by atoms with Crippen molar-refractivity contribution in [2.45, 2.75) is 33.1 Å². The van der Waals surface area contributed by atoms with E-state index in [-0.39, 0.29) is 12.3 Å². The monoisotopic (exact) mass is 330 g/mol. The normalized spacial score (nSPS) is 14.4. The maximum atomic E-state index is 12.0. The third kappa shape index (κ3) is 5.19. The maximum absolute atomic E-state index is 12.0. The lowest BCUT2D eigenvalue weighted by atomic mass is 10.2. The fourth-order valence-corrected chi connectivity index (χ4v) is 2.44. The van der Waals surface area contributed by atoms with Crippen molar-refractivity contribution >= 4 is 29.1 Å². The van der Waals surface area contributed by atoms with E-state index in [1.54, 1.807) is 30.0 Å². The van der Waals surface area contributed by atoms with Crippen LogP contribution < -0.4 is 10.7 Å². The first-order valence-electron chi connectivity index (χ1n) is 7.94. The number of benzene rings is 1. The second-order valence-corrected chi connectivity index (χ2v) is 5.88. The molecule has 128 valence electrons. The molecule has 1 aliphatic heterocycles. The Hall–Kier alpha value is -2.70. The number of hydrazone groups is 1. The van der Waals surface area contributed by atoms with Gasteiger partial charge >= 0.3 is 11.8 Å². The highest BCUT2D eigenvalue weighted by atomic mass is 16.2. The lowest BCUT2D eigenvalue weighted by Gasteiger charge is -2.14. The smallest absolute Gasteiger partial charge is 0.329 e. The SMILES string of the molecule is CC(CC(=O)N1CCCC1)=NNC(=O)C(=O)Nc1cccc(C)c1. The molecule has 2 N–H and O–H groups in total. The highest BCUT2D eigenvalue weighted by molar-refractivity contribution is 6.39. The van der Waals surface area contributed by atoms with Gasteiger partial charge in [0.15, 0.2) is 0 Å². The number of anilines is 1. The number of carbonyl (C=O) groups excluding carboxylic acids is 3. The van der Waals surface area contributed by atoms with Crippen LogP contribution in [-0.4, -0.2) is 41.4 Å². The topological polar surface area (TPSA) is 90.9 Å². The quantitative estimate of drug-likeness (QED) is 0.497. The van der Waals surface area contributed by atoms with Gasteiger partial charge in [-0.2, -0.15) is 5.10 Å². The fraction of sp³-hybridized carbons (Fsp3) is 0.412. The van der Waals surface area contributed by atoms with Crippen LogP contribution in [0.3, 0.4) is 0 Å². The van der Waals surface area contributed by atoms with Crippen molar-refractivity contribution in [3.63, 3.8) is 0 Å². The standard InChI is InChI=1S/C17H22N4O3/c1-12-6-5-7-14(10-12)18-16(23)17(24)20-19-13(2)11-15(22)21-8-3-4-9-21/h5-7,10H,3-4,8-9,11H2,1-2H3,(H,18,23)(H,20,24). The molecule has 0 radical (unpaired) electrons. The van der Waals surface area contributed by atoms with E-state index in [0.717, 1.165) is 31.5 Å². The van der Waals surface area contributed by atoms with Gasteiger partial charge in [0.2, 0.25) is 5.91 Å². The lowest BCUT2D eigenvalue weighted by molar-refractivity contribution is -0.136. The maximum Gasteiger partial charge on any atom is 0.329 e. The molecule has 24 heavy (non-hydrogen) atoms. The number of carbonyl (C=O) groups is 3. The van der Waals surface area contributed by atoms with E-state index >= 15 is 0 Å². The zero-order valence-electron chi connectivity index (χ0n) is 14.0. The van der Waals surface area contributed by atoms with Crippen molar-refractivity contribution in [2.75, 3.05) is 18.4 Å². The number of nitrogens with one attached hydrogen (secondary N) is 2. The molecule has 0 unspecified atom stereocenters. The van der Waals surface area contributed by atoms with E-state index < -0.39 is 11.8 Å². The van der Waals surface area contributed by atoms with Crippen molar-refractivity contribution in [1.82, 2.24) is 10.3 Å². The molecule has 0 bridgehead atoms. The average Bonchev–Trinajstić information content (AvgIpc) is 3.07. The van der Waals surface area contributed by atoms with Crippen LogP contribution in [-0.2, 0) is 14.4 Å². The Kier molecular flexibility index (Phi) is 6.06. The summed E-state index contributed by atoms with van der Waals surface area (Å²) in [5, 5.41) is 6.32. The van der Waals surface area contributed by atoms with Gasteiger partial charge in [-0.1, -0.05) is 12.1 Å². The van der Waals surface area contributed by atoms with E-state index in [0.29, 0.717) is 11.4 Å². The Balaban J connectivity index is 1.82. The molecule has 1 heterocycles. The number of hydrogen-bond acceptors (Lipinski definition) is 4. The molecule has 1 aromatic carbocycles. The molecule has 0 spiro atoms. The van der Waals surface area contributed by atoms with Gasteiger partial charge in [-0.05, 0) is 44.4 Å². The molecule has 2 rings (SSSR count). The third-order valence-electron chi connectivity index (χ3n) is 3.70. The van der Waals surface area contributed by atoms with E-state index in [2.05, 4.69) is 15.8 Å². The van der Waals surface area contributed by atoms with Gasteiger partial charge in [0.25, 0.3) is 0 Å². The number of amides is 3. The Morgan fingerprint density at radius 1 is 1.17 bits per heavy atom. The minimum Gasteiger partial charge on any atom is -0.342 e. The number of nitrogens with zero attached hydrogens (tertiary/aromatic N) is 2. The molecular formula is C17H22N4O3. The molecule has 0 aliphatic carbocycles. The van der Waals surface area contributed by atoms with E-state index in [1.165, 1.54) is 0 Å². The molecule has 0 aromatic heterocycles. The van der Waals surface area contributed by atoms with Crippen molar-refractivity contribution in [3.05, 3.63) is 29.8 Å². The van der Waals surface area contributed by atoms with Crippen LogP contribution in [0.5, 0.6) is 0 Å². The summed E-state index contributed by atoms with van der Waals surface area (Å²) in [6.07, 6.45) is 2.19. The fourth-order valence-electron chi connectivity index (χ4n) is 2.44. The van der Waals surface area contributed by atoms with Gasteiger partial charge in [0, 0.05) is 24.5 Å². The largest absolute Gasteiger partial charge is 0.342 e. The summed E-state index contributed by atoms with van der Waals surface area (Å²) >= 11 is 0. The van der Waals surface area contributed by atoms with Crippen LogP contribution in [0.15, 0.2) is 29.4 Å². The summed E-state index contributed by atoms with van der Waals surface area (Å²) in [5.74, 6) is -1.68. The Bertz CT molecular complexity index is 664. The molecule has 7 nitrogen and oxygen atoms in total. The van der Waals surface area contributed by atoms with Crippen LogP contribution in [0.4, 0.5) is 5.69 Å². The Morgan fingerprint density at radius 3 is 2.54 bits per heavy atom. The van der Waals surface area contributed by atoms with Crippen molar-refractivity contribution < 1.29 is 14.4 Å². The first-order valence-corrected chi connectivity index (χ1v) is 7.94. The molecule has 0 atom stereocenters. The third-order valence-corrected chi connectivity index (χ3v) is 3.70. The van der Waals surface area contributed by atoms with Gasteiger partial charge in [-0.25, -0.2) is 5.43 Å². The second kappa shape index (κ2) is 8.24. The number of rotatable bonds is 4. The first kappa shape index (κ1) is 17.7. The summed E-state index contributed by atoms with van der Waals surface area (Å²) in [6.45, 7) is 5.09. The van der Waals surface area contributed by atoms with Crippen LogP contribution in [0.1, 0.15) is 31.7 Å². The second-order valence-electron chi connectivity index (χ2n) is 5.88.